The first-order valence-electron chi connectivity index (χ1n) is 7.72. The molecule has 2 aromatic heterocycles. The maximum absolute atomic E-state index is 14.3. The summed E-state index contributed by atoms with van der Waals surface area (Å²) in [4.78, 5) is 11.1. The summed E-state index contributed by atoms with van der Waals surface area (Å²) in [5.41, 5.74) is 7.32. The number of imidazole rings is 1. The van der Waals surface area contributed by atoms with E-state index < -0.39 is 5.91 Å². The number of rotatable bonds is 5. The molecule has 0 aliphatic heterocycles. The molecule has 0 saturated carbocycles. The Balaban J connectivity index is 1.90. The number of fused-ring (bicyclic) bond motifs is 3. The average Bonchev–Trinajstić information content (AvgIpc) is 3.15. The fraction of sp³-hybridized carbons (Fsp3) is 0.118. The maximum atomic E-state index is 14.3. The molecule has 4 rings (SSSR count). The van der Waals surface area contributed by atoms with E-state index in [2.05, 4.69) is 10.2 Å². The Morgan fingerprint density at radius 3 is 2.65 bits per heavy atom. The third-order valence-corrected chi connectivity index (χ3v) is 5.30. The van der Waals surface area contributed by atoms with E-state index in [0.29, 0.717) is 21.5 Å². The van der Waals surface area contributed by atoms with Crippen molar-refractivity contribution in [3.63, 3.8) is 0 Å². The van der Waals surface area contributed by atoms with Crippen LogP contribution in [0.5, 0.6) is 0 Å². The normalized spacial score (nSPS) is 11.5. The van der Waals surface area contributed by atoms with E-state index in [1.165, 1.54) is 17.8 Å². The first-order chi connectivity index (χ1) is 12.6. The van der Waals surface area contributed by atoms with Crippen molar-refractivity contribution in [3.8, 4) is 0 Å². The molecule has 2 aromatic carbocycles. The molecule has 1 amide bonds. The minimum Gasteiger partial charge on any atom is -0.369 e. The molecule has 0 saturated heterocycles. The topological polar surface area (TPSA) is 78.2 Å². The van der Waals surface area contributed by atoms with Crippen molar-refractivity contribution >= 4 is 46.1 Å². The second kappa shape index (κ2) is 6.62. The molecule has 0 bridgehead atoms. The van der Waals surface area contributed by atoms with Crippen LogP contribution in [0.1, 0.15) is 5.56 Å². The largest absolute Gasteiger partial charge is 0.369 e. The highest BCUT2D eigenvalue weighted by Crippen LogP contribution is 2.28. The Kier molecular flexibility index (Phi) is 4.29. The summed E-state index contributed by atoms with van der Waals surface area (Å²) in [6, 6.07) is 12.2. The van der Waals surface area contributed by atoms with Gasteiger partial charge in [0.2, 0.25) is 11.7 Å². The van der Waals surface area contributed by atoms with Crippen molar-refractivity contribution in [3.05, 3.63) is 58.9 Å². The van der Waals surface area contributed by atoms with E-state index in [4.69, 9.17) is 17.3 Å². The molecule has 0 aliphatic rings. The molecule has 2 N–H and O–H groups in total. The van der Waals surface area contributed by atoms with Crippen LogP contribution in [-0.2, 0) is 11.3 Å². The van der Waals surface area contributed by atoms with Crippen LogP contribution in [-0.4, -0.2) is 30.8 Å². The lowest BCUT2D eigenvalue weighted by molar-refractivity contribution is -0.115. The van der Waals surface area contributed by atoms with Crippen LogP contribution in [0.4, 0.5) is 4.39 Å². The van der Waals surface area contributed by atoms with Crippen molar-refractivity contribution in [2.45, 2.75) is 11.7 Å². The van der Waals surface area contributed by atoms with Crippen molar-refractivity contribution < 1.29 is 9.18 Å². The molecule has 26 heavy (non-hydrogen) atoms. The first-order valence-corrected chi connectivity index (χ1v) is 9.09. The number of amides is 1. The number of carbonyl (C=O) groups excluding carboxylic acids is 1. The van der Waals surface area contributed by atoms with Gasteiger partial charge in [0.25, 0.3) is 0 Å². The molecule has 2 heterocycles. The molecular weight excluding hydrogens is 377 g/mol. The summed E-state index contributed by atoms with van der Waals surface area (Å²) >= 11 is 7.39. The molecule has 0 radical (unpaired) electrons. The number of nitrogens with zero attached hydrogens (tertiary/aromatic N) is 4. The van der Waals surface area contributed by atoms with Crippen LogP contribution in [0.2, 0.25) is 5.02 Å². The number of nitrogens with two attached hydrogens (primary N) is 1. The highest BCUT2D eigenvalue weighted by Gasteiger charge is 2.19. The zero-order chi connectivity index (χ0) is 18.3. The van der Waals surface area contributed by atoms with Crippen molar-refractivity contribution in [1.82, 2.24) is 19.2 Å². The third-order valence-electron chi connectivity index (χ3n) is 3.99. The molecule has 0 unspecified atom stereocenters. The second-order valence-corrected chi connectivity index (χ2v) is 7.00. The van der Waals surface area contributed by atoms with Crippen LogP contribution >= 0.6 is 23.4 Å². The van der Waals surface area contributed by atoms with Gasteiger partial charge in [-0.2, -0.15) is 0 Å². The Hall–Kier alpha value is -2.58. The van der Waals surface area contributed by atoms with Gasteiger partial charge in [-0.05, 0) is 24.3 Å². The van der Waals surface area contributed by atoms with E-state index in [1.807, 2.05) is 33.2 Å². The van der Waals surface area contributed by atoms with Gasteiger partial charge < -0.3 is 10.3 Å². The molecule has 9 heteroatoms. The van der Waals surface area contributed by atoms with Gasteiger partial charge in [0.1, 0.15) is 5.82 Å². The monoisotopic (exact) mass is 389 g/mol. The number of halogens is 2. The van der Waals surface area contributed by atoms with E-state index in [1.54, 1.807) is 12.1 Å². The predicted octanol–water partition coefficient (Wildman–Crippen LogP) is 3.10. The number of hydrogen-bond donors (Lipinski definition) is 1. The molecule has 0 aliphatic carbocycles. The summed E-state index contributed by atoms with van der Waals surface area (Å²) in [6.07, 6.45) is 0. The summed E-state index contributed by atoms with van der Waals surface area (Å²) in [5, 5.41) is 9.27. The number of thioether (sulfide) groups is 1. The van der Waals surface area contributed by atoms with E-state index in [0.717, 1.165) is 11.0 Å². The number of aromatic nitrogens is 4. The SMILES string of the molecule is NC(=O)CSc1nnc2n(Cc3c(F)cccc3Cl)c3ccccc3n12. The molecule has 4 aromatic rings. The number of para-hydroxylation sites is 2. The van der Waals surface area contributed by atoms with Gasteiger partial charge in [-0.3, -0.25) is 9.20 Å². The third kappa shape index (κ3) is 2.81. The molecule has 0 spiro atoms. The lowest BCUT2D eigenvalue weighted by atomic mass is 10.2. The Bertz CT molecular complexity index is 1120. The Morgan fingerprint density at radius 2 is 1.92 bits per heavy atom. The molecule has 6 nitrogen and oxygen atoms in total. The smallest absolute Gasteiger partial charge is 0.237 e. The highest BCUT2D eigenvalue weighted by atomic mass is 35.5. The zero-order valence-electron chi connectivity index (χ0n) is 13.4. The molecule has 132 valence electrons. The minimum absolute atomic E-state index is 0.0967. The Labute approximate surface area is 156 Å². The number of carbonyl (C=O) groups is 1. The summed E-state index contributed by atoms with van der Waals surface area (Å²) in [7, 11) is 0. The standard InChI is InChI=1S/C17H13ClFN5OS/c18-11-4-3-5-12(19)10(11)8-23-13-6-1-2-7-14(13)24-16(23)21-22-17(24)26-9-15(20)25/h1-7H,8-9H2,(H2,20,25). The highest BCUT2D eigenvalue weighted by molar-refractivity contribution is 7.99. The van der Waals surface area contributed by atoms with Gasteiger partial charge in [0.05, 0.1) is 23.3 Å². The first kappa shape index (κ1) is 16.9. The molecular formula is C17H13ClFN5OS. The minimum atomic E-state index is -0.436. The van der Waals surface area contributed by atoms with Crippen LogP contribution in [0.25, 0.3) is 16.8 Å². The van der Waals surface area contributed by atoms with Gasteiger partial charge in [-0.1, -0.05) is 41.6 Å². The van der Waals surface area contributed by atoms with E-state index >= 15 is 0 Å². The fourth-order valence-corrected chi connectivity index (χ4v) is 3.77. The van der Waals surface area contributed by atoms with Crippen LogP contribution in [0, 0.1) is 5.82 Å². The van der Waals surface area contributed by atoms with Crippen LogP contribution in [0.3, 0.4) is 0 Å². The van der Waals surface area contributed by atoms with Gasteiger partial charge in [0, 0.05) is 10.6 Å². The predicted molar refractivity (Wildman–Crippen MR) is 98.9 cm³/mol. The lowest BCUT2D eigenvalue weighted by Gasteiger charge is -2.08. The van der Waals surface area contributed by atoms with Gasteiger partial charge >= 0.3 is 0 Å². The molecule has 0 fully saturated rings. The Morgan fingerprint density at radius 1 is 1.15 bits per heavy atom. The summed E-state index contributed by atoms with van der Waals surface area (Å²) in [6.45, 7) is 0.209. The second-order valence-electron chi connectivity index (χ2n) is 5.65. The summed E-state index contributed by atoms with van der Waals surface area (Å²) in [5.74, 6) is -0.179. The van der Waals surface area contributed by atoms with Crippen LogP contribution in [0.15, 0.2) is 47.6 Å². The number of benzene rings is 2. The van der Waals surface area contributed by atoms with Gasteiger partial charge in [-0.25, -0.2) is 4.39 Å². The quantitative estimate of drug-likeness (QED) is 0.532. The zero-order valence-corrected chi connectivity index (χ0v) is 15.0. The number of primary amides is 1. The average molecular weight is 390 g/mol. The van der Waals surface area contributed by atoms with E-state index in [9.17, 15) is 9.18 Å². The van der Waals surface area contributed by atoms with Crippen molar-refractivity contribution in [2.75, 3.05) is 5.75 Å². The fourth-order valence-electron chi connectivity index (χ4n) is 2.86. The van der Waals surface area contributed by atoms with Crippen molar-refractivity contribution in [2.24, 2.45) is 5.73 Å². The maximum Gasteiger partial charge on any atom is 0.237 e. The molecule has 0 atom stereocenters. The van der Waals surface area contributed by atoms with Gasteiger partial charge in [-0.15, -0.1) is 10.2 Å². The van der Waals surface area contributed by atoms with Gasteiger partial charge in [0.15, 0.2) is 5.16 Å². The van der Waals surface area contributed by atoms with Crippen molar-refractivity contribution in [1.29, 1.82) is 0 Å². The van der Waals surface area contributed by atoms with E-state index in [-0.39, 0.29) is 18.1 Å². The lowest BCUT2D eigenvalue weighted by Crippen LogP contribution is -2.13. The summed E-state index contributed by atoms with van der Waals surface area (Å²) < 4.78 is 17.9. The number of hydrogen-bond acceptors (Lipinski definition) is 4. The van der Waals surface area contributed by atoms with Crippen LogP contribution < -0.4 is 5.73 Å².